The molecule has 5 aliphatic carbocycles. The first-order chi connectivity index (χ1) is 18.0. The summed E-state index contributed by atoms with van der Waals surface area (Å²) in [6.07, 6.45) is 8.89. The number of ether oxygens (including phenoxy) is 2. The lowest BCUT2D eigenvalue weighted by Gasteiger charge is -2.69. The minimum atomic E-state index is -1.07. The van der Waals surface area contributed by atoms with Crippen molar-refractivity contribution in [1.82, 2.24) is 0 Å². The molecule has 0 amide bonds. The Bertz CT molecular complexity index is 1070. The van der Waals surface area contributed by atoms with E-state index in [4.69, 9.17) is 15.2 Å². The molecule has 0 radical (unpaired) electrons. The van der Waals surface area contributed by atoms with Gasteiger partial charge in [-0.2, -0.15) is 0 Å². The Morgan fingerprint density at radius 2 is 1.54 bits per heavy atom. The number of carbonyl (C=O) groups is 2. The van der Waals surface area contributed by atoms with Crippen molar-refractivity contribution in [2.75, 3.05) is 14.2 Å². The molecule has 2 N–H and O–H groups in total. The maximum Gasteiger partial charge on any atom is 0.312 e. The zero-order valence-electron chi connectivity index (χ0n) is 26.5. The highest BCUT2D eigenvalue weighted by Crippen LogP contribution is 2.72. The molecule has 0 aliphatic heterocycles. The number of carbonyl (C=O) groups excluding carboxylic acids is 2. The van der Waals surface area contributed by atoms with Gasteiger partial charge in [-0.15, -0.1) is 0 Å². The summed E-state index contributed by atoms with van der Waals surface area (Å²) in [6, 6.07) is 0. The lowest BCUT2D eigenvalue weighted by Crippen LogP contribution is -2.74. The Morgan fingerprint density at radius 3 is 2.13 bits per heavy atom. The van der Waals surface area contributed by atoms with Gasteiger partial charge in [0.05, 0.1) is 24.2 Å². The molecule has 0 aromatic rings. The van der Waals surface area contributed by atoms with E-state index in [9.17, 15) is 9.59 Å². The van der Waals surface area contributed by atoms with Crippen molar-refractivity contribution in [1.29, 1.82) is 0 Å². The smallest absolute Gasteiger partial charge is 0.312 e. The Morgan fingerprint density at radius 1 is 0.923 bits per heavy atom. The molecule has 5 nitrogen and oxygen atoms in total. The van der Waals surface area contributed by atoms with Gasteiger partial charge in [0.25, 0.3) is 0 Å². The van der Waals surface area contributed by atoms with E-state index in [1.807, 2.05) is 19.9 Å². The average Bonchev–Trinajstić information content (AvgIpc) is 2.88. The zero-order valence-corrected chi connectivity index (χ0v) is 26.5. The van der Waals surface area contributed by atoms with E-state index in [2.05, 4.69) is 48.1 Å². The molecule has 220 valence electrons. The molecule has 0 saturated heterocycles. The summed E-state index contributed by atoms with van der Waals surface area (Å²) >= 11 is 0. The second-order valence-electron chi connectivity index (χ2n) is 15.2. The number of hydrogen-bond donors (Lipinski definition) is 1. The van der Waals surface area contributed by atoms with Crippen LogP contribution in [0, 0.1) is 44.8 Å². The van der Waals surface area contributed by atoms with E-state index >= 15 is 0 Å². The van der Waals surface area contributed by atoms with Crippen LogP contribution < -0.4 is 5.73 Å². The molecule has 7 unspecified atom stereocenters. The fourth-order valence-electron chi connectivity index (χ4n) is 10.6. The maximum atomic E-state index is 14.5. The summed E-state index contributed by atoms with van der Waals surface area (Å²) < 4.78 is 11.4. The van der Waals surface area contributed by atoms with E-state index in [0.717, 1.165) is 56.9 Å². The maximum absolute atomic E-state index is 14.5. The first-order valence-electron chi connectivity index (χ1n) is 15.4. The van der Waals surface area contributed by atoms with E-state index in [1.165, 1.54) is 12.7 Å². The first kappa shape index (κ1) is 30.5. The monoisotopic (exact) mass is 541 g/mol. The Hall–Kier alpha value is -1.46. The van der Waals surface area contributed by atoms with Crippen LogP contribution in [0.15, 0.2) is 23.8 Å². The van der Waals surface area contributed by atoms with Crippen LogP contribution in [-0.4, -0.2) is 37.6 Å². The lowest BCUT2D eigenvalue weighted by molar-refractivity contribution is -0.182. The lowest BCUT2D eigenvalue weighted by atomic mass is 9.35. The highest BCUT2D eigenvalue weighted by Gasteiger charge is 2.72. The molecule has 4 fully saturated rings. The number of fused-ring (bicyclic) bond motifs is 7. The summed E-state index contributed by atoms with van der Waals surface area (Å²) in [5.74, 6) is -0.0125. The summed E-state index contributed by atoms with van der Waals surface area (Å²) in [6.45, 7) is 22.5. The van der Waals surface area contributed by atoms with E-state index in [1.54, 1.807) is 7.11 Å². The predicted molar refractivity (Wildman–Crippen MR) is 157 cm³/mol. The highest BCUT2D eigenvalue weighted by molar-refractivity contribution is 6.01. The Kier molecular flexibility index (Phi) is 7.46. The Balaban J connectivity index is 0.00000172. The number of rotatable bonds is 2. The van der Waals surface area contributed by atoms with Gasteiger partial charge in [-0.3, -0.25) is 9.59 Å². The molecule has 5 rings (SSSR count). The van der Waals surface area contributed by atoms with Gasteiger partial charge in [0.15, 0.2) is 5.78 Å². The third-order valence-electron chi connectivity index (χ3n) is 12.6. The van der Waals surface area contributed by atoms with E-state index in [-0.39, 0.29) is 51.4 Å². The molecular weight excluding hydrogens is 486 g/mol. The minimum absolute atomic E-state index is 0.00711. The van der Waals surface area contributed by atoms with Gasteiger partial charge in [0, 0.05) is 18.4 Å². The van der Waals surface area contributed by atoms with Gasteiger partial charge >= 0.3 is 5.97 Å². The van der Waals surface area contributed by atoms with E-state index in [0.29, 0.717) is 5.92 Å². The van der Waals surface area contributed by atoms with Crippen molar-refractivity contribution in [2.24, 2.45) is 50.6 Å². The van der Waals surface area contributed by atoms with Gasteiger partial charge in [-0.05, 0) is 96.7 Å². The summed E-state index contributed by atoms with van der Waals surface area (Å²) in [7, 11) is 3.26. The molecule has 8 atom stereocenters. The van der Waals surface area contributed by atoms with Crippen LogP contribution in [0.5, 0.6) is 0 Å². The molecule has 39 heavy (non-hydrogen) atoms. The SMILES string of the molecule is C=C1[C@@H](OC)CC(C)(C)C2CCC3(C)C(=CC(=O)C4(N)C3CCC3(C(=O)OC)CCC(C)(C)CC34)C12C.CC. The van der Waals surface area contributed by atoms with Crippen molar-refractivity contribution in [2.45, 2.75) is 118 Å². The highest BCUT2D eigenvalue weighted by atomic mass is 16.5. The fourth-order valence-corrected chi connectivity index (χ4v) is 10.6. The Labute approximate surface area is 237 Å². The molecule has 5 heteroatoms. The number of methoxy groups -OCH3 is 2. The zero-order chi connectivity index (χ0) is 29.4. The van der Waals surface area contributed by atoms with Crippen molar-refractivity contribution >= 4 is 11.8 Å². The van der Waals surface area contributed by atoms with Gasteiger partial charge in [-0.1, -0.05) is 62.0 Å². The van der Waals surface area contributed by atoms with E-state index < -0.39 is 11.0 Å². The van der Waals surface area contributed by atoms with Crippen molar-refractivity contribution < 1.29 is 19.1 Å². The van der Waals surface area contributed by atoms with Gasteiger partial charge < -0.3 is 15.2 Å². The number of esters is 1. The first-order valence-corrected chi connectivity index (χ1v) is 15.4. The molecule has 0 bridgehead atoms. The van der Waals surface area contributed by atoms with Crippen molar-refractivity contribution in [3.05, 3.63) is 23.8 Å². The molecule has 0 spiro atoms. The van der Waals surface area contributed by atoms with Crippen LogP contribution >= 0.6 is 0 Å². The summed E-state index contributed by atoms with van der Waals surface area (Å²) in [5, 5.41) is 0. The minimum Gasteiger partial charge on any atom is -0.469 e. The molecule has 0 aromatic heterocycles. The van der Waals surface area contributed by atoms with Crippen LogP contribution in [-0.2, 0) is 19.1 Å². The number of nitrogens with two attached hydrogens (primary N) is 1. The van der Waals surface area contributed by atoms with Crippen LogP contribution in [0.3, 0.4) is 0 Å². The summed E-state index contributed by atoms with van der Waals surface area (Å²) in [5.41, 5.74) is 7.57. The quantitative estimate of drug-likeness (QED) is 0.300. The third kappa shape index (κ3) is 3.91. The van der Waals surface area contributed by atoms with Crippen LogP contribution in [0.1, 0.15) is 107 Å². The third-order valence-corrected chi connectivity index (χ3v) is 12.6. The fraction of sp³-hybridized carbons (Fsp3) is 0.824. The second kappa shape index (κ2) is 9.54. The standard InChI is InChI=1S/C32H49NO4.C2H6/c1-19-20(36-8)17-28(4,5)21-10-12-29(6)22-11-13-31(26(35)37-9)15-14-27(2,3)18-24(31)32(22,33)25(34)16-23(29)30(19,21)7;1-2/h16,20-22,24H,1,10-15,17-18,33H2,2-9H3;1-2H3/t20-,21?,22?,24?,29?,30?,31?,32?;/m0./s1. The molecule has 0 heterocycles. The predicted octanol–water partition coefficient (Wildman–Crippen LogP) is 7.04. The van der Waals surface area contributed by atoms with Crippen LogP contribution in [0.4, 0.5) is 0 Å². The van der Waals surface area contributed by atoms with Gasteiger partial charge in [0.1, 0.15) is 0 Å². The second-order valence-corrected chi connectivity index (χ2v) is 15.2. The molecular formula is C34H55NO4. The molecule has 5 aliphatic rings. The van der Waals surface area contributed by atoms with Crippen LogP contribution in [0.2, 0.25) is 0 Å². The summed E-state index contributed by atoms with van der Waals surface area (Å²) in [4.78, 5) is 27.9. The molecule has 0 aromatic carbocycles. The number of ketones is 1. The number of allylic oxidation sites excluding steroid dienone is 1. The van der Waals surface area contributed by atoms with Gasteiger partial charge in [0.2, 0.25) is 0 Å². The number of hydrogen-bond acceptors (Lipinski definition) is 5. The average molecular weight is 542 g/mol. The van der Waals surface area contributed by atoms with Crippen molar-refractivity contribution in [3.8, 4) is 0 Å². The van der Waals surface area contributed by atoms with Crippen molar-refractivity contribution in [3.63, 3.8) is 0 Å². The largest absolute Gasteiger partial charge is 0.469 e. The normalized spacial score (nSPS) is 45.8. The van der Waals surface area contributed by atoms with Gasteiger partial charge in [-0.25, -0.2) is 0 Å². The molecule has 4 saturated carbocycles. The van der Waals surface area contributed by atoms with Crippen LogP contribution in [0.25, 0.3) is 0 Å². The topological polar surface area (TPSA) is 78.6 Å².